The minimum Gasteiger partial charge on any atom is -0.444 e. The van der Waals surface area contributed by atoms with E-state index in [1.165, 1.54) is 5.56 Å². The van der Waals surface area contributed by atoms with Gasteiger partial charge in [0.05, 0.1) is 0 Å². The van der Waals surface area contributed by atoms with E-state index in [0.717, 1.165) is 17.7 Å². The molecule has 0 aliphatic carbocycles. The van der Waals surface area contributed by atoms with Crippen molar-refractivity contribution in [2.75, 3.05) is 18.0 Å². The number of hydrogen-bond donors (Lipinski definition) is 0. The Kier molecular flexibility index (Phi) is 4.58. The van der Waals surface area contributed by atoms with E-state index < -0.39 is 5.60 Å². The highest BCUT2D eigenvalue weighted by Crippen LogP contribution is 2.30. The molecule has 1 atom stereocenters. The van der Waals surface area contributed by atoms with Gasteiger partial charge in [-0.1, -0.05) is 12.1 Å². The van der Waals surface area contributed by atoms with Crippen LogP contribution < -0.4 is 4.90 Å². The Hall–Kier alpha value is -2.30. The number of carbonyl (C=O) groups excluding carboxylic acids is 2. The molecule has 5 nitrogen and oxygen atoms in total. The molecule has 0 saturated carbocycles. The molecule has 0 aromatic heterocycles. The number of hydrogen-bond acceptors (Lipinski definition) is 3. The first-order valence-corrected chi connectivity index (χ1v) is 8.79. The van der Waals surface area contributed by atoms with Crippen molar-refractivity contribution in [1.82, 2.24) is 4.90 Å². The van der Waals surface area contributed by atoms with Gasteiger partial charge in [0.2, 0.25) is 5.91 Å². The van der Waals surface area contributed by atoms with Crippen molar-refractivity contribution < 1.29 is 14.3 Å². The van der Waals surface area contributed by atoms with E-state index in [1.807, 2.05) is 43.9 Å². The summed E-state index contributed by atoms with van der Waals surface area (Å²) in [4.78, 5) is 28.0. The number of rotatable bonds is 2. The smallest absolute Gasteiger partial charge is 0.410 e. The summed E-state index contributed by atoms with van der Waals surface area (Å²) in [5.74, 6) is 0.377. The Balaban J connectivity index is 1.73. The largest absolute Gasteiger partial charge is 0.444 e. The first-order valence-electron chi connectivity index (χ1n) is 8.79. The highest BCUT2D eigenvalue weighted by Gasteiger charge is 2.30. The number of benzene rings is 1. The van der Waals surface area contributed by atoms with Crippen LogP contribution in [0.25, 0.3) is 0 Å². The van der Waals surface area contributed by atoms with Gasteiger partial charge in [0.1, 0.15) is 5.60 Å². The average Bonchev–Trinajstić information content (AvgIpc) is 2.93. The summed E-state index contributed by atoms with van der Waals surface area (Å²) in [5, 5.41) is 0. The van der Waals surface area contributed by atoms with E-state index in [2.05, 4.69) is 12.6 Å². The van der Waals surface area contributed by atoms with Gasteiger partial charge in [0.15, 0.2) is 0 Å². The van der Waals surface area contributed by atoms with Crippen LogP contribution in [0.5, 0.6) is 0 Å². The third-order valence-electron chi connectivity index (χ3n) is 4.65. The minimum absolute atomic E-state index is 0.149. The highest BCUT2D eigenvalue weighted by molar-refractivity contribution is 5.96. The summed E-state index contributed by atoms with van der Waals surface area (Å²) in [6.45, 7) is 11.3. The molecule has 0 radical (unpaired) electrons. The van der Waals surface area contributed by atoms with Gasteiger partial charge >= 0.3 is 6.09 Å². The number of fused-ring (bicyclic) bond motifs is 1. The van der Waals surface area contributed by atoms with Crippen LogP contribution in [-0.4, -0.2) is 35.6 Å². The summed E-state index contributed by atoms with van der Waals surface area (Å²) in [5.41, 5.74) is 2.78. The second-order valence-electron chi connectivity index (χ2n) is 7.81. The number of carbonyl (C=O) groups is 2. The average molecular weight is 342 g/mol. The van der Waals surface area contributed by atoms with Crippen LogP contribution in [-0.2, 0) is 22.5 Å². The van der Waals surface area contributed by atoms with E-state index in [-0.39, 0.29) is 17.9 Å². The summed E-state index contributed by atoms with van der Waals surface area (Å²) in [6.07, 6.45) is 2.89. The van der Waals surface area contributed by atoms with E-state index in [9.17, 15) is 9.59 Å². The Morgan fingerprint density at radius 2 is 2.08 bits per heavy atom. The second kappa shape index (κ2) is 6.54. The van der Waals surface area contributed by atoms with E-state index >= 15 is 0 Å². The predicted octanol–water partition coefficient (Wildman–Crippen LogP) is 3.52. The number of ether oxygens (including phenoxy) is 1. The molecular weight excluding hydrogens is 316 g/mol. The molecule has 1 aromatic carbocycles. The van der Waals surface area contributed by atoms with Crippen LogP contribution in [0, 0.1) is 5.92 Å². The zero-order valence-electron chi connectivity index (χ0n) is 15.2. The van der Waals surface area contributed by atoms with Crippen LogP contribution >= 0.6 is 0 Å². The summed E-state index contributed by atoms with van der Waals surface area (Å²) >= 11 is 0. The SMILES string of the molecule is C=CC1CC(=O)N(c2ccc3c(c2)CCN(C(=O)OC(C)(C)C)C3)C1. The number of nitrogens with zero attached hydrogens (tertiary/aromatic N) is 2. The van der Waals surface area contributed by atoms with Gasteiger partial charge in [-0.15, -0.1) is 6.58 Å². The van der Waals surface area contributed by atoms with Gasteiger partial charge < -0.3 is 14.5 Å². The van der Waals surface area contributed by atoms with Gasteiger partial charge in [-0.05, 0) is 50.5 Å². The van der Waals surface area contributed by atoms with E-state index in [1.54, 1.807) is 4.90 Å². The predicted molar refractivity (Wildman–Crippen MR) is 97.4 cm³/mol. The molecular formula is C20H26N2O3. The molecule has 1 fully saturated rings. The molecule has 5 heteroatoms. The second-order valence-corrected chi connectivity index (χ2v) is 7.81. The molecule has 3 rings (SSSR count). The van der Waals surface area contributed by atoms with Crippen LogP contribution in [0.4, 0.5) is 10.5 Å². The molecule has 25 heavy (non-hydrogen) atoms. The fraction of sp³-hybridized carbons (Fsp3) is 0.500. The lowest BCUT2D eigenvalue weighted by Gasteiger charge is -2.31. The molecule has 2 aliphatic heterocycles. The molecule has 1 unspecified atom stereocenters. The molecule has 134 valence electrons. The third-order valence-corrected chi connectivity index (χ3v) is 4.65. The van der Waals surface area contributed by atoms with Gasteiger partial charge in [-0.25, -0.2) is 4.79 Å². The molecule has 2 amide bonds. The maximum Gasteiger partial charge on any atom is 0.410 e. The summed E-state index contributed by atoms with van der Waals surface area (Å²) in [6, 6.07) is 6.08. The molecule has 0 bridgehead atoms. The lowest BCUT2D eigenvalue weighted by Crippen LogP contribution is -2.40. The van der Waals surface area contributed by atoms with Crippen LogP contribution in [0.1, 0.15) is 38.3 Å². The Bertz CT molecular complexity index is 705. The van der Waals surface area contributed by atoms with Crippen molar-refractivity contribution in [2.24, 2.45) is 5.92 Å². The maximum atomic E-state index is 12.3. The molecule has 2 heterocycles. The van der Waals surface area contributed by atoms with Crippen LogP contribution in [0.3, 0.4) is 0 Å². The lowest BCUT2D eigenvalue weighted by atomic mass is 9.99. The fourth-order valence-corrected chi connectivity index (χ4v) is 3.33. The molecule has 2 aliphatic rings. The van der Waals surface area contributed by atoms with E-state index in [0.29, 0.717) is 26.1 Å². The van der Waals surface area contributed by atoms with Gasteiger partial charge in [-0.3, -0.25) is 4.79 Å². The minimum atomic E-state index is -0.487. The van der Waals surface area contributed by atoms with Crippen molar-refractivity contribution in [2.45, 2.75) is 45.8 Å². The van der Waals surface area contributed by atoms with Crippen LogP contribution in [0.15, 0.2) is 30.9 Å². The van der Waals surface area contributed by atoms with Gasteiger partial charge in [0, 0.05) is 37.7 Å². The van der Waals surface area contributed by atoms with Crippen molar-refractivity contribution in [3.8, 4) is 0 Å². The first-order chi connectivity index (χ1) is 11.8. The van der Waals surface area contributed by atoms with Crippen LogP contribution in [0.2, 0.25) is 0 Å². The zero-order chi connectivity index (χ0) is 18.2. The molecule has 0 spiro atoms. The summed E-state index contributed by atoms with van der Waals surface area (Å²) < 4.78 is 5.46. The number of anilines is 1. The van der Waals surface area contributed by atoms with E-state index in [4.69, 9.17) is 4.74 Å². The monoisotopic (exact) mass is 342 g/mol. The molecule has 0 N–H and O–H groups in total. The van der Waals surface area contributed by atoms with Gasteiger partial charge in [-0.2, -0.15) is 0 Å². The number of amides is 2. The zero-order valence-corrected chi connectivity index (χ0v) is 15.2. The Labute approximate surface area is 149 Å². The van der Waals surface area contributed by atoms with Crippen molar-refractivity contribution in [1.29, 1.82) is 0 Å². The van der Waals surface area contributed by atoms with Crippen molar-refractivity contribution in [3.63, 3.8) is 0 Å². The third kappa shape index (κ3) is 3.86. The highest BCUT2D eigenvalue weighted by atomic mass is 16.6. The van der Waals surface area contributed by atoms with Gasteiger partial charge in [0.25, 0.3) is 0 Å². The molecule has 1 aromatic rings. The fourth-order valence-electron chi connectivity index (χ4n) is 3.33. The Morgan fingerprint density at radius 3 is 2.72 bits per heavy atom. The Morgan fingerprint density at radius 1 is 1.32 bits per heavy atom. The quantitative estimate of drug-likeness (QED) is 0.773. The van der Waals surface area contributed by atoms with Crippen molar-refractivity contribution in [3.05, 3.63) is 42.0 Å². The maximum absolute atomic E-state index is 12.3. The van der Waals surface area contributed by atoms with Crippen molar-refractivity contribution >= 4 is 17.7 Å². The topological polar surface area (TPSA) is 49.9 Å². The molecule has 1 saturated heterocycles. The first kappa shape index (κ1) is 17.5. The lowest BCUT2D eigenvalue weighted by molar-refractivity contribution is -0.117. The standard InChI is InChI=1S/C20H26N2O3/c1-5-14-10-18(23)22(12-14)17-7-6-16-13-21(9-8-15(16)11-17)19(24)25-20(2,3)4/h5-7,11,14H,1,8-10,12-13H2,2-4H3. The summed E-state index contributed by atoms with van der Waals surface area (Å²) in [7, 11) is 0. The normalized spacial score (nSPS) is 20.4.